The van der Waals surface area contributed by atoms with Crippen LogP contribution in [0, 0.1) is 26.2 Å². The second-order valence-corrected chi connectivity index (χ2v) is 4.14. The molecule has 0 saturated heterocycles. The molecule has 1 N–H and O–H groups in total. The van der Waals surface area contributed by atoms with Crippen LogP contribution in [0.5, 0.6) is 0 Å². The molecule has 0 aromatic heterocycles. The molecule has 0 aliphatic rings. The van der Waals surface area contributed by atoms with Gasteiger partial charge in [0.15, 0.2) is 0 Å². The van der Waals surface area contributed by atoms with E-state index in [1.54, 1.807) is 0 Å². The van der Waals surface area contributed by atoms with Gasteiger partial charge in [-0.1, -0.05) is 29.7 Å². The van der Waals surface area contributed by atoms with Crippen molar-refractivity contribution in [3.8, 4) is 12.3 Å². The highest BCUT2D eigenvalue weighted by Gasteiger charge is 2.09. The van der Waals surface area contributed by atoms with Crippen LogP contribution in [0.25, 0.3) is 0 Å². The van der Waals surface area contributed by atoms with Gasteiger partial charge < -0.3 is 0 Å². The largest absolute Gasteiger partial charge is 0.297 e. The fourth-order valence-corrected chi connectivity index (χ4v) is 1.74. The van der Waals surface area contributed by atoms with E-state index in [1.165, 1.54) is 16.7 Å². The number of hydrogen-bond donors (Lipinski definition) is 1. The molecule has 1 rings (SSSR count). The molecule has 15 heavy (non-hydrogen) atoms. The highest BCUT2D eigenvalue weighted by Crippen LogP contribution is 2.19. The van der Waals surface area contributed by atoms with E-state index in [1.807, 2.05) is 6.92 Å². The molecule has 0 heterocycles. The molecule has 1 aromatic carbocycles. The summed E-state index contributed by atoms with van der Waals surface area (Å²) in [6.07, 6.45) is 5.35. The zero-order valence-corrected chi connectivity index (χ0v) is 9.96. The Labute approximate surface area is 92.9 Å². The second kappa shape index (κ2) is 5.00. The fraction of sp³-hybridized carbons (Fsp3) is 0.429. The molecule has 0 saturated carbocycles. The molecule has 0 amide bonds. The van der Waals surface area contributed by atoms with Crippen molar-refractivity contribution in [1.29, 1.82) is 0 Å². The fourth-order valence-electron chi connectivity index (χ4n) is 1.74. The third-order valence-corrected chi connectivity index (χ3v) is 2.65. The third-order valence-electron chi connectivity index (χ3n) is 2.65. The van der Waals surface area contributed by atoms with Crippen molar-refractivity contribution in [2.75, 3.05) is 0 Å². The first-order valence-corrected chi connectivity index (χ1v) is 5.34. The van der Waals surface area contributed by atoms with Crippen molar-refractivity contribution in [3.63, 3.8) is 0 Å². The number of terminal acetylenes is 1. The summed E-state index contributed by atoms with van der Waals surface area (Å²) in [5, 5.41) is 3.38. The first kappa shape index (κ1) is 11.8. The lowest BCUT2D eigenvalue weighted by Gasteiger charge is -2.19. The zero-order chi connectivity index (χ0) is 11.4. The van der Waals surface area contributed by atoms with E-state index in [2.05, 4.69) is 50.2 Å². The van der Waals surface area contributed by atoms with Crippen molar-refractivity contribution >= 4 is 0 Å². The van der Waals surface area contributed by atoms with E-state index < -0.39 is 0 Å². The van der Waals surface area contributed by atoms with Crippen LogP contribution in [-0.2, 0) is 0 Å². The Morgan fingerprint density at radius 1 is 1.27 bits per heavy atom. The van der Waals surface area contributed by atoms with Crippen molar-refractivity contribution in [2.24, 2.45) is 0 Å². The number of aryl methyl sites for hydroxylation is 2. The van der Waals surface area contributed by atoms with Gasteiger partial charge in [-0.25, -0.2) is 0 Å². The maximum Gasteiger partial charge on any atom is 0.0662 e. The molecule has 80 valence electrons. The second-order valence-electron chi connectivity index (χ2n) is 4.14. The standard InChI is InChI=1S/C14H19N/c1-6-12(4)15-13(5)14-9-10(2)7-8-11(14)3/h1,7-9,12-13,15H,2-5H3. The number of nitrogens with one attached hydrogen (secondary N) is 1. The van der Waals surface area contributed by atoms with Gasteiger partial charge in [0.2, 0.25) is 0 Å². The molecule has 0 fully saturated rings. The van der Waals surface area contributed by atoms with Crippen LogP contribution in [0.15, 0.2) is 18.2 Å². The predicted molar refractivity (Wildman–Crippen MR) is 65.8 cm³/mol. The number of benzene rings is 1. The smallest absolute Gasteiger partial charge is 0.0662 e. The highest BCUT2D eigenvalue weighted by atomic mass is 14.9. The summed E-state index contributed by atoms with van der Waals surface area (Å²) in [5.41, 5.74) is 3.93. The summed E-state index contributed by atoms with van der Waals surface area (Å²) >= 11 is 0. The normalized spacial score (nSPS) is 14.3. The summed E-state index contributed by atoms with van der Waals surface area (Å²) in [5.74, 6) is 2.69. The molecule has 1 nitrogen and oxygen atoms in total. The lowest BCUT2D eigenvalue weighted by Crippen LogP contribution is -2.27. The van der Waals surface area contributed by atoms with E-state index in [0.29, 0.717) is 6.04 Å². The molecule has 2 atom stereocenters. The third kappa shape index (κ3) is 3.11. The van der Waals surface area contributed by atoms with E-state index in [9.17, 15) is 0 Å². The molecule has 0 bridgehead atoms. The van der Waals surface area contributed by atoms with Crippen LogP contribution >= 0.6 is 0 Å². The maximum atomic E-state index is 5.35. The molecular formula is C14H19N. The van der Waals surface area contributed by atoms with Crippen molar-refractivity contribution in [1.82, 2.24) is 5.32 Å². The molecular weight excluding hydrogens is 182 g/mol. The van der Waals surface area contributed by atoms with Gasteiger partial charge >= 0.3 is 0 Å². The Morgan fingerprint density at radius 2 is 1.93 bits per heavy atom. The van der Waals surface area contributed by atoms with Gasteiger partial charge in [-0.05, 0) is 38.8 Å². The van der Waals surface area contributed by atoms with E-state index in [-0.39, 0.29) is 6.04 Å². The lowest BCUT2D eigenvalue weighted by molar-refractivity contribution is 0.544. The average Bonchev–Trinajstić information content (AvgIpc) is 2.21. The van der Waals surface area contributed by atoms with Crippen LogP contribution in [0.3, 0.4) is 0 Å². The van der Waals surface area contributed by atoms with Crippen LogP contribution < -0.4 is 5.32 Å². The Bertz CT molecular complexity index is 373. The highest BCUT2D eigenvalue weighted by molar-refractivity contribution is 5.32. The Kier molecular flexibility index (Phi) is 3.94. The van der Waals surface area contributed by atoms with Gasteiger partial charge in [0.1, 0.15) is 0 Å². The first-order chi connectivity index (χ1) is 7.04. The monoisotopic (exact) mass is 201 g/mol. The zero-order valence-electron chi connectivity index (χ0n) is 9.96. The Hall–Kier alpha value is -1.26. The van der Waals surface area contributed by atoms with Gasteiger partial charge in [0, 0.05) is 6.04 Å². The minimum atomic E-state index is 0.111. The lowest BCUT2D eigenvalue weighted by atomic mass is 9.99. The van der Waals surface area contributed by atoms with Gasteiger partial charge in [0.25, 0.3) is 0 Å². The van der Waals surface area contributed by atoms with Crippen molar-refractivity contribution in [2.45, 2.75) is 39.8 Å². The van der Waals surface area contributed by atoms with Crippen molar-refractivity contribution in [3.05, 3.63) is 34.9 Å². The molecule has 0 aliphatic heterocycles. The van der Waals surface area contributed by atoms with Gasteiger partial charge in [0.05, 0.1) is 6.04 Å². The van der Waals surface area contributed by atoms with E-state index >= 15 is 0 Å². The number of rotatable bonds is 3. The first-order valence-electron chi connectivity index (χ1n) is 5.34. The molecule has 0 radical (unpaired) electrons. The van der Waals surface area contributed by atoms with Crippen LogP contribution in [-0.4, -0.2) is 6.04 Å². The Balaban J connectivity index is 2.86. The molecule has 2 unspecified atom stereocenters. The quantitative estimate of drug-likeness (QED) is 0.741. The number of hydrogen-bond acceptors (Lipinski definition) is 1. The minimum Gasteiger partial charge on any atom is -0.297 e. The van der Waals surface area contributed by atoms with Crippen LogP contribution in [0.4, 0.5) is 0 Å². The summed E-state index contributed by atoms with van der Waals surface area (Å²) < 4.78 is 0. The van der Waals surface area contributed by atoms with Gasteiger partial charge in [-0.15, -0.1) is 6.42 Å². The van der Waals surface area contributed by atoms with Crippen LogP contribution in [0.2, 0.25) is 0 Å². The van der Waals surface area contributed by atoms with Crippen LogP contribution in [0.1, 0.15) is 36.6 Å². The average molecular weight is 201 g/mol. The summed E-state index contributed by atoms with van der Waals surface area (Å²) in [6.45, 7) is 8.39. The SMILES string of the molecule is C#CC(C)NC(C)c1cc(C)ccc1C. The minimum absolute atomic E-state index is 0.111. The molecule has 0 aliphatic carbocycles. The summed E-state index contributed by atoms with van der Waals surface area (Å²) in [4.78, 5) is 0. The predicted octanol–water partition coefficient (Wildman–Crippen LogP) is 2.98. The van der Waals surface area contributed by atoms with Gasteiger partial charge in [-0.2, -0.15) is 0 Å². The van der Waals surface area contributed by atoms with E-state index in [4.69, 9.17) is 6.42 Å². The molecule has 1 aromatic rings. The summed E-state index contributed by atoms with van der Waals surface area (Å²) in [6, 6.07) is 6.92. The topological polar surface area (TPSA) is 12.0 Å². The summed E-state index contributed by atoms with van der Waals surface area (Å²) in [7, 11) is 0. The Morgan fingerprint density at radius 3 is 2.53 bits per heavy atom. The maximum absolute atomic E-state index is 5.35. The van der Waals surface area contributed by atoms with E-state index in [0.717, 1.165) is 0 Å². The van der Waals surface area contributed by atoms with Crippen molar-refractivity contribution < 1.29 is 0 Å². The molecule has 0 spiro atoms. The van der Waals surface area contributed by atoms with Gasteiger partial charge in [-0.3, -0.25) is 5.32 Å². The molecule has 1 heteroatoms.